The van der Waals surface area contributed by atoms with Crippen molar-refractivity contribution in [2.24, 2.45) is 0 Å². The summed E-state index contributed by atoms with van der Waals surface area (Å²) in [5.74, 6) is -0.719. The minimum absolute atomic E-state index is 0.0732. The molecular weight excluding hydrogens is 378 g/mol. The average molecular weight is 390 g/mol. The molecule has 0 saturated heterocycles. The van der Waals surface area contributed by atoms with Gasteiger partial charge in [-0.05, 0) is 42.1 Å². The molecule has 0 fully saturated rings. The molecule has 2 aromatic heterocycles. The molecule has 132 valence electrons. The molecule has 0 saturated carbocycles. The lowest BCUT2D eigenvalue weighted by atomic mass is 10.3. The van der Waals surface area contributed by atoms with Crippen molar-refractivity contribution in [1.29, 1.82) is 0 Å². The Morgan fingerprint density at radius 3 is 2.65 bits per heavy atom. The van der Waals surface area contributed by atoms with Crippen LogP contribution in [0.1, 0.15) is 10.5 Å². The fourth-order valence-corrected chi connectivity index (χ4v) is 3.16. The number of hydrogen-bond donors (Lipinski definition) is 0. The first-order chi connectivity index (χ1) is 12.5. The summed E-state index contributed by atoms with van der Waals surface area (Å²) >= 11 is 6.81. The molecule has 0 spiro atoms. The van der Waals surface area contributed by atoms with E-state index in [4.69, 9.17) is 16.3 Å². The molecule has 1 aromatic carbocycles. The number of carbonyl (C=O) groups excluding carboxylic acids is 1. The van der Waals surface area contributed by atoms with E-state index in [-0.39, 0.29) is 10.6 Å². The van der Waals surface area contributed by atoms with Crippen LogP contribution >= 0.6 is 23.4 Å². The molecule has 3 aromatic rings. The normalized spacial score (nSPS) is 10.5. The Bertz CT molecular complexity index is 1020. The van der Waals surface area contributed by atoms with Crippen LogP contribution in [-0.4, -0.2) is 22.9 Å². The predicted molar refractivity (Wildman–Crippen MR) is 95.7 cm³/mol. The second kappa shape index (κ2) is 7.59. The number of carbonyl (C=O) groups is 1. The molecule has 0 unspecified atom stereocenters. The van der Waals surface area contributed by atoms with E-state index in [9.17, 15) is 14.8 Å². The average Bonchev–Trinajstić information content (AvgIpc) is 2.64. The van der Waals surface area contributed by atoms with E-state index >= 15 is 0 Å². The Hall–Kier alpha value is -2.84. The van der Waals surface area contributed by atoms with Crippen LogP contribution in [0.2, 0.25) is 5.02 Å². The van der Waals surface area contributed by atoms with Gasteiger partial charge in [0, 0.05) is 23.2 Å². The molecule has 0 aliphatic rings. The quantitative estimate of drug-likeness (QED) is 0.387. The zero-order valence-corrected chi connectivity index (χ0v) is 15.0. The molecule has 2 heterocycles. The van der Waals surface area contributed by atoms with Crippen LogP contribution in [0.15, 0.2) is 69.4 Å². The largest absolute Gasteiger partial charge is 0.618 e. The van der Waals surface area contributed by atoms with Crippen molar-refractivity contribution in [1.82, 2.24) is 9.78 Å². The maximum Gasteiger partial charge on any atom is 0.359 e. The molecule has 0 aliphatic heterocycles. The van der Waals surface area contributed by atoms with Crippen molar-refractivity contribution < 1.29 is 14.3 Å². The van der Waals surface area contributed by atoms with Crippen molar-refractivity contribution in [3.05, 3.63) is 81.0 Å². The smallest absolute Gasteiger partial charge is 0.359 e. The van der Waals surface area contributed by atoms with Crippen molar-refractivity contribution in [3.63, 3.8) is 0 Å². The molecule has 0 radical (unpaired) electrons. The first kappa shape index (κ1) is 18.0. The van der Waals surface area contributed by atoms with E-state index in [1.807, 2.05) is 0 Å². The highest BCUT2D eigenvalue weighted by atomic mass is 35.5. The van der Waals surface area contributed by atoms with Gasteiger partial charge in [-0.1, -0.05) is 11.6 Å². The predicted octanol–water partition coefficient (Wildman–Crippen LogP) is 2.46. The maximum absolute atomic E-state index is 12.5. The van der Waals surface area contributed by atoms with E-state index in [2.05, 4.69) is 5.10 Å². The van der Waals surface area contributed by atoms with Gasteiger partial charge < -0.3 is 9.94 Å². The number of hydrogen-bond acceptors (Lipinski definition) is 6. The van der Waals surface area contributed by atoms with Crippen LogP contribution < -0.4 is 10.3 Å². The molecule has 0 atom stereocenters. The topological polar surface area (TPSA) is 88.1 Å². The highest BCUT2D eigenvalue weighted by Gasteiger charge is 2.21. The van der Waals surface area contributed by atoms with Crippen LogP contribution in [0, 0.1) is 5.21 Å². The lowest BCUT2D eigenvalue weighted by Crippen LogP contribution is -2.28. The Balaban J connectivity index is 2.12. The molecule has 0 aliphatic carbocycles. The second-order valence-corrected chi connectivity index (χ2v) is 6.54. The van der Waals surface area contributed by atoms with Gasteiger partial charge in [0.15, 0.2) is 11.9 Å². The van der Waals surface area contributed by atoms with Crippen molar-refractivity contribution in [2.75, 3.05) is 7.11 Å². The van der Waals surface area contributed by atoms with E-state index in [1.54, 1.807) is 42.5 Å². The number of benzene rings is 1. The number of methoxy groups -OCH3 is 1. The van der Waals surface area contributed by atoms with Gasteiger partial charge in [0.1, 0.15) is 0 Å². The van der Waals surface area contributed by atoms with Crippen molar-refractivity contribution in [2.45, 2.75) is 9.92 Å². The standard InChI is InChI=1S/C17H12ClN3O4S/c1-25-17(23)16-13(26-15-4-2-3-9-20(15)24)10-14(22)21(19-16)12-7-5-11(18)6-8-12/h2-10H,1H3. The summed E-state index contributed by atoms with van der Waals surface area (Å²) in [5.41, 5.74) is -0.0912. The van der Waals surface area contributed by atoms with E-state index in [0.29, 0.717) is 20.5 Å². The van der Waals surface area contributed by atoms with Gasteiger partial charge in [0.25, 0.3) is 10.6 Å². The molecule has 0 amide bonds. The Morgan fingerprint density at radius 1 is 1.27 bits per heavy atom. The van der Waals surface area contributed by atoms with Crippen LogP contribution in [0.5, 0.6) is 0 Å². The molecule has 3 rings (SSSR count). The van der Waals surface area contributed by atoms with Gasteiger partial charge >= 0.3 is 5.97 Å². The molecule has 0 bridgehead atoms. The fraction of sp³-hybridized carbons (Fsp3) is 0.0588. The number of ether oxygens (including phenoxy) is 1. The summed E-state index contributed by atoms with van der Waals surface area (Å²) in [4.78, 5) is 24.8. The highest BCUT2D eigenvalue weighted by Crippen LogP contribution is 2.27. The third-order valence-electron chi connectivity index (χ3n) is 3.35. The monoisotopic (exact) mass is 389 g/mol. The minimum Gasteiger partial charge on any atom is -0.618 e. The van der Waals surface area contributed by atoms with Gasteiger partial charge in [0.2, 0.25) is 0 Å². The van der Waals surface area contributed by atoms with E-state index < -0.39 is 11.5 Å². The summed E-state index contributed by atoms with van der Waals surface area (Å²) in [5, 5.41) is 16.8. The Labute approximate surface area is 157 Å². The number of nitrogens with zero attached hydrogens (tertiary/aromatic N) is 3. The molecular formula is C17H12ClN3O4S. The molecule has 9 heteroatoms. The SMILES string of the molecule is COC(=O)c1nn(-c2ccc(Cl)cc2)c(=O)cc1Sc1cccc[n+]1[O-]. The van der Waals surface area contributed by atoms with Crippen molar-refractivity contribution >= 4 is 29.3 Å². The second-order valence-electron chi connectivity index (χ2n) is 5.04. The van der Waals surface area contributed by atoms with Gasteiger partial charge in [-0.25, -0.2) is 4.79 Å². The number of esters is 1. The maximum atomic E-state index is 12.5. The summed E-state index contributed by atoms with van der Waals surface area (Å²) in [6.07, 6.45) is 1.32. The zero-order chi connectivity index (χ0) is 18.7. The number of rotatable bonds is 4. The summed E-state index contributed by atoms with van der Waals surface area (Å²) in [6.45, 7) is 0. The highest BCUT2D eigenvalue weighted by molar-refractivity contribution is 7.99. The molecule has 0 N–H and O–H groups in total. The van der Waals surface area contributed by atoms with Crippen LogP contribution in [-0.2, 0) is 4.74 Å². The van der Waals surface area contributed by atoms with Crippen LogP contribution in [0.3, 0.4) is 0 Å². The summed E-state index contributed by atoms with van der Waals surface area (Å²) in [6, 6.07) is 12.5. The van der Waals surface area contributed by atoms with E-state index in [1.165, 1.54) is 19.4 Å². The zero-order valence-electron chi connectivity index (χ0n) is 13.5. The number of aromatic nitrogens is 3. The lowest BCUT2D eigenvalue weighted by molar-refractivity contribution is -0.645. The van der Waals surface area contributed by atoms with Crippen LogP contribution in [0.25, 0.3) is 5.69 Å². The summed E-state index contributed by atoms with van der Waals surface area (Å²) in [7, 11) is 1.21. The first-order valence-electron chi connectivity index (χ1n) is 7.34. The Morgan fingerprint density at radius 2 is 2.00 bits per heavy atom. The minimum atomic E-state index is -0.719. The lowest BCUT2D eigenvalue weighted by Gasteiger charge is -2.10. The van der Waals surface area contributed by atoms with Gasteiger partial charge in [0.05, 0.1) is 17.7 Å². The Kier molecular flexibility index (Phi) is 5.24. The van der Waals surface area contributed by atoms with Crippen LogP contribution in [0.4, 0.5) is 0 Å². The first-order valence-corrected chi connectivity index (χ1v) is 8.53. The third kappa shape index (κ3) is 3.71. The number of halogens is 1. The van der Waals surface area contributed by atoms with E-state index in [0.717, 1.165) is 16.4 Å². The molecule has 26 heavy (non-hydrogen) atoms. The van der Waals surface area contributed by atoms with Gasteiger partial charge in [-0.3, -0.25) is 4.79 Å². The molecule has 7 nitrogen and oxygen atoms in total. The van der Waals surface area contributed by atoms with Crippen molar-refractivity contribution in [3.8, 4) is 5.69 Å². The fourth-order valence-electron chi connectivity index (χ4n) is 2.13. The van der Waals surface area contributed by atoms with Gasteiger partial charge in [-0.15, -0.1) is 0 Å². The number of pyridine rings is 1. The third-order valence-corrected chi connectivity index (χ3v) is 4.66. The van der Waals surface area contributed by atoms with Gasteiger partial charge in [-0.2, -0.15) is 14.5 Å². The summed E-state index contributed by atoms with van der Waals surface area (Å²) < 4.78 is 6.47.